The van der Waals surface area contributed by atoms with E-state index in [-0.39, 0.29) is 11.6 Å². The second-order valence-corrected chi connectivity index (χ2v) is 4.46. The average molecular weight is 157 g/mol. The molecule has 0 bridgehead atoms. The Labute approximate surface area is 69.2 Å². The third-order valence-corrected chi connectivity index (χ3v) is 2.58. The van der Waals surface area contributed by atoms with Crippen LogP contribution in [0.25, 0.3) is 0 Å². The van der Waals surface area contributed by atoms with Gasteiger partial charge in [0.25, 0.3) is 0 Å². The van der Waals surface area contributed by atoms with Crippen LogP contribution < -0.4 is 0 Å². The van der Waals surface area contributed by atoms with Crippen molar-refractivity contribution in [1.82, 2.24) is 4.90 Å². The Kier molecular flexibility index (Phi) is 2.26. The first kappa shape index (κ1) is 9.01. The molecule has 0 spiro atoms. The van der Waals surface area contributed by atoms with Gasteiger partial charge in [-0.2, -0.15) is 0 Å². The monoisotopic (exact) mass is 157 g/mol. The summed E-state index contributed by atoms with van der Waals surface area (Å²) < 4.78 is 0. The standard InChI is InChI=1S/C9H19NO/c1-7-8(11)5-6-10(7)9(2,3)4/h7-8,11H,5-6H2,1-4H3. The van der Waals surface area contributed by atoms with Crippen molar-refractivity contribution in [2.75, 3.05) is 6.54 Å². The van der Waals surface area contributed by atoms with E-state index in [0.717, 1.165) is 13.0 Å². The first-order valence-electron chi connectivity index (χ1n) is 4.38. The quantitative estimate of drug-likeness (QED) is 0.572. The molecule has 1 fully saturated rings. The van der Waals surface area contributed by atoms with Crippen LogP contribution in [0.1, 0.15) is 34.1 Å². The molecule has 0 aromatic heterocycles. The van der Waals surface area contributed by atoms with Crippen molar-refractivity contribution >= 4 is 0 Å². The molecule has 0 aromatic rings. The molecular weight excluding hydrogens is 138 g/mol. The molecule has 2 atom stereocenters. The van der Waals surface area contributed by atoms with Gasteiger partial charge in [-0.05, 0) is 34.1 Å². The molecule has 0 amide bonds. The van der Waals surface area contributed by atoms with Gasteiger partial charge in [-0.1, -0.05) is 0 Å². The SMILES string of the molecule is CC1C(O)CCN1C(C)(C)C. The van der Waals surface area contributed by atoms with Crippen LogP contribution in [0.15, 0.2) is 0 Å². The maximum Gasteiger partial charge on any atom is 0.0705 e. The Hall–Kier alpha value is -0.0800. The Balaban J connectivity index is 2.62. The molecule has 0 aliphatic carbocycles. The summed E-state index contributed by atoms with van der Waals surface area (Å²) in [5.41, 5.74) is 0.205. The Bertz CT molecular complexity index is 139. The van der Waals surface area contributed by atoms with Gasteiger partial charge in [-0.3, -0.25) is 4.90 Å². The second kappa shape index (κ2) is 2.76. The van der Waals surface area contributed by atoms with Crippen LogP contribution in [0, 0.1) is 0 Å². The van der Waals surface area contributed by atoms with E-state index >= 15 is 0 Å². The van der Waals surface area contributed by atoms with Crippen molar-refractivity contribution in [1.29, 1.82) is 0 Å². The highest BCUT2D eigenvalue weighted by Crippen LogP contribution is 2.25. The maximum atomic E-state index is 9.49. The summed E-state index contributed by atoms with van der Waals surface area (Å²) in [6, 6.07) is 0.329. The predicted octanol–water partition coefficient (Wildman–Crippen LogP) is 1.24. The van der Waals surface area contributed by atoms with Gasteiger partial charge in [-0.25, -0.2) is 0 Å². The number of likely N-dealkylation sites (tertiary alicyclic amines) is 1. The molecule has 1 aliphatic heterocycles. The molecule has 0 aromatic carbocycles. The second-order valence-electron chi connectivity index (χ2n) is 4.46. The van der Waals surface area contributed by atoms with E-state index < -0.39 is 0 Å². The summed E-state index contributed by atoms with van der Waals surface area (Å²) in [7, 11) is 0. The van der Waals surface area contributed by atoms with E-state index in [2.05, 4.69) is 32.6 Å². The highest BCUT2D eigenvalue weighted by molar-refractivity contribution is 4.90. The van der Waals surface area contributed by atoms with E-state index in [9.17, 15) is 5.11 Å². The minimum absolute atomic E-state index is 0.116. The summed E-state index contributed by atoms with van der Waals surface area (Å²) in [5, 5.41) is 9.49. The highest BCUT2D eigenvalue weighted by Gasteiger charge is 2.35. The van der Waals surface area contributed by atoms with Crippen LogP contribution in [0.3, 0.4) is 0 Å². The van der Waals surface area contributed by atoms with Crippen LogP contribution in [-0.4, -0.2) is 34.2 Å². The van der Waals surface area contributed by atoms with Gasteiger partial charge < -0.3 is 5.11 Å². The highest BCUT2D eigenvalue weighted by atomic mass is 16.3. The van der Waals surface area contributed by atoms with Gasteiger partial charge >= 0.3 is 0 Å². The predicted molar refractivity (Wildman–Crippen MR) is 46.5 cm³/mol. The van der Waals surface area contributed by atoms with Crippen molar-refractivity contribution in [3.05, 3.63) is 0 Å². The molecule has 2 unspecified atom stereocenters. The number of hydrogen-bond acceptors (Lipinski definition) is 2. The van der Waals surface area contributed by atoms with Crippen molar-refractivity contribution in [2.45, 2.75) is 51.8 Å². The van der Waals surface area contributed by atoms with Gasteiger partial charge in [0.2, 0.25) is 0 Å². The van der Waals surface area contributed by atoms with Crippen molar-refractivity contribution < 1.29 is 5.11 Å². The lowest BCUT2D eigenvalue weighted by Gasteiger charge is -2.35. The first-order chi connectivity index (χ1) is 4.93. The van der Waals surface area contributed by atoms with Crippen LogP contribution in [-0.2, 0) is 0 Å². The van der Waals surface area contributed by atoms with E-state index in [0.29, 0.717) is 6.04 Å². The summed E-state index contributed by atoms with van der Waals surface area (Å²) >= 11 is 0. The lowest BCUT2D eigenvalue weighted by Crippen LogP contribution is -2.45. The van der Waals surface area contributed by atoms with Crippen LogP contribution in [0.4, 0.5) is 0 Å². The number of aliphatic hydroxyl groups is 1. The molecule has 0 saturated carbocycles. The lowest BCUT2D eigenvalue weighted by atomic mass is 10.1. The van der Waals surface area contributed by atoms with Crippen molar-refractivity contribution in [3.8, 4) is 0 Å². The van der Waals surface area contributed by atoms with Crippen molar-refractivity contribution in [3.63, 3.8) is 0 Å². The smallest absolute Gasteiger partial charge is 0.0705 e. The Morgan fingerprint density at radius 2 is 1.91 bits per heavy atom. The van der Waals surface area contributed by atoms with Crippen LogP contribution in [0.2, 0.25) is 0 Å². The molecule has 2 heteroatoms. The topological polar surface area (TPSA) is 23.5 Å². The van der Waals surface area contributed by atoms with Gasteiger partial charge in [0, 0.05) is 18.1 Å². The summed E-state index contributed by atoms with van der Waals surface area (Å²) in [6.07, 6.45) is 0.813. The normalized spacial score (nSPS) is 34.6. The molecule has 1 rings (SSSR count). The van der Waals surface area contributed by atoms with Gasteiger partial charge in [-0.15, -0.1) is 0 Å². The fourth-order valence-electron chi connectivity index (χ4n) is 1.87. The molecular formula is C9H19NO. The number of aliphatic hydroxyl groups excluding tert-OH is 1. The molecule has 66 valence electrons. The largest absolute Gasteiger partial charge is 0.391 e. The Morgan fingerprint density at radius 3 is 2.09 bits per heavy atom. The van der Waals surface area contributed by atoms with E-state index in [1.54, 1.807) is 0 Å². The Morgan fingerprint density at radius 1 is 1.36 bits per heavy atom. The summed E-state index contributed by atoms with van der Waals surface area (Å²) in [5.74, 6) is 0. The molecule has 2 nitrogen and oxygen atoms in total. The van der Waals surface area contributed by atoms with Gasteiger partial charge in [0.15, 0.2) is 0 Å². The maximum absolute atomic E-state index is 9.49. The van der Waals surface area contributed by atoms with Crippen molar-refractivity contribution in [2.24, 2.45) is 0 Å². The molecule has 0 radical (unpaired) electrons. The van der Waals surface area contributed by atoms with E-state index in [1.807, 2.05) is 0 Å². The third kappa shape index (κ3) is 1.74. The number of hydrogen-bond donors (Lipinski definition) is 1. The molecule has 1 saturated heterocycles. The summed E-state index contributed by atoms with van der Waals surface area (Å²) in [6.45, 7) is 9.72. The minimum Gasteiger partial charge on any atom is -0.391 e. The zero-order valence-corrected chi connectivity index (χ0v) is 7.96. The fourth-order valence-corrected chi connectivity index (χ4v) is 1.87. The van der Waals surface area contributed by atoms with E-state index in [1.165, 1.54) is 0 Å². The van der Waals surface area contributed by atoms with Gasteiger partial charge in [0.05, 0.1) is 6.10 Å². The zero-order chi connectivity index (χ0) is 8.65. The van der Waals surface area contributed by atoms with Crippen LogP contribution in [0.5, 0.6) is 0 Å². The van der Waals surface area contributed by atoms with Gasteiger partial charge in [0.1, 0.15) is 0 Å². The molecule has 1 N–H and O–H groups in total. The molecule has 1 heterocycles. The third-order valence-electron chi connectivity index (χ3n) is 2.58. The first-order valence-corrected chi connectivity index (χ1v) is 4.38. The van der Waals surface area contributed by atoms with E-state index in [4.69, 9.17) is 0 Å². The number of rotatable bonds is 0. The zero-order valence-electron chi connectivity index (χ0n) is 7.96. The molecule has 11 heavy (non-hydrogen) atoms. The lowest BCUT2D eigenvalue weighted by molar-refractivity contribution is 0.0743. The number of nitrogens with zero attached hydrogens (tertiary/aromatic N) is 1. The average Bonchev–Trinajstić information content (AvgIpc) is 2.11. The summed E-state index contributed by atoms with van der Waals surface area (Å²) in [4.78, 5) is 2.36. The minimum atomic E-state index is -0.116. The van der Waals surface area contributed by atoms with Crippen LogP contribution >= 0.6 is 0 Å². The fraction of sp³-hybridized carbons (Fsp3) is 1.00. The molecule has 1 aliphatic rings.